The first-order chi connectivity index (χ1) is 4.97. The number of hydrogen-bond donors (Lipinski definition) is 3. The van der Waals surface area contributed by atoms with Gasteiger partial charge in [0.2, 0.25) is 0 Å². The van der Waals surface area contributed by atoms with E-state index in [1.54, 1.807) is 0 Å². The highest BCUT2D eigenvalue weighted by Crippen LogP contribution is 1.84. The first-order valence-electron chi connectivity index (χ1n) is 3.70. The van der Waals surface area contributed by atoms with Gasteiger partial charge in [0.05, 0.1) is 34.4 Å². The topological polar surface area (TPSA) is 66.5 Å². The van der Waals surface area contributed by atoms with Gasteiger partial charge in [-0.3, -0.25) is 0 Å². The molecule has 11 heavy (non-hydrogen) atoms. The first-order valence-corrected chi connectivity index (χ1v) is 3.70. The van der Waals surface area contributed by atoms with Crippen LogP contribution in [-0.2, 0) is 0 Å². The Balaban J connectivity index is 0. The van der Waals surface area contributed by atoms with Crippen molar-refractivity contribution in [3.63, 3.8) is 0 Å². The second-order valence-electron chi connectivity index (χ2n) is 3.25. The monoisotopic (exact) mass is 165 g/mol. The Hall–Kier alpha value is -0.160. The summed E-state index contributed by atoms with van der Waals surface area (Å²) in [5.74, 6) is 0. The van der Waals surface area contributed by atoms with Crippen LogP contribution in [-0.4, -0.2) is 62.1 Å². The lowest BCUT2D eigenvalue weighted by Gasteiger charge is -2.21. The third-order valence-electron chi connectivity index (χ3n) is 0.900. The van der Waals surface area contributed by atoms with E-state index in [-0.39, 0.29) is 13.2 Å². The molecule has 0 aliphatic carbocycles. The van der Waals surface area contributed by atoms with Gasteiger partial charge in [-0.25, -0.2) is 0 Å². The van der Waals surface area contributed by atoms with Gasteiger partial charge in [0.15, 0.2) is 0 Å². The fourth-order valence-corrected chi connectivity index (χ4v) is 0.300. The molecule has 0 aromatic heterocycles. The van der Waals surface area contributed by atoms with Gasteiger partial charge in [-0.05, 0) is 0 Å². The van der Waals surface area contributed by atoms with Crippen molar-refractivity contribution in [1.82, 2.24) is 0 Å². The van der Waals surface area contributed by atoms with Gasteiger partial charge < -0.3 is 20.4 Å². The van der Waals surface area contributed by atoms with Gasteiger partial charge in [0.25, 0.3) is 0 Å². The predicted molar refractivity (Wildman–Crippen MR) is 46.1 cm³/mol. The molecule has 0 aliphatic rings. The molecule has 0 saturated carbocycles. The third kappa shape index (κ3) is 25.8. The van der Waals surface area contributed by atoms with Gasteiger partial charge in [-0.15, -0.1) is 0 Å². The van der Waals surface area contributed by atoms with Crippen molar-refractivity contribution in [3.05, 3.63) is 0 Å². The molecule has 0 bridgehead atoms. The van der Waals surface area contributed by atoms with Crippen LogP contribution in [0.2, 0.25) is 0 Å². The van der Waals surface area contributed by atoms with E-state index < -0.39 is 0 Å². The van der Waals surface area contributed by atoms with Crippen LogP contribution in [0.25, 0.3) is 0 Å². The van der Waals surface area contributed by atoms with Gasteiger partial charge in [0, 0.05) is 6.54 Å². The minimum Gasteiger partial charge on any atom is -0.395 e. The van der Waals surface area contributed by atoms with E-state index in [1.807, 2.05) is 0 Å². The van der Waals surface area contributed by atoms with Gasteiger partial charge >= 0.3 is 0 Å². The summed E-state index contributed by atoms with van der Waals surface area (Å²) in [5, 5.41) is 16.1. The van der Waals surface area contributed by atoms with Crippen molar-refractivity contribution >= 4 is 0 Å². The highest BCUT2D eigenvalue weighted by atomic mass is 16.3. The van der Waals surface area contributed by atoms with Crippen molar-refractivity contribution in [3.8, 4) is 0 Å². The van der Waals surface area contributed by atoms with Crippen LogP contribution >= 0.6 is 0 Å². The highest BCUT2D eigenvalue weighted by Gasteiger charge is 2.02. The maximum absolute atomic E-state index is 8.39. The van der Waals surface area contributed by atoms with Crippen molar-refractivity contribution in [2.24, 2.45) is 5.73 Å². The Morgan fingerprint density at radius 1 is 1.09 bits per heavy atom. The number of rotatable bonds is 3. The molecule has 4 nitrogen and oxygen atoms in total. The largest absolute Gasteiger partial charge is 0.395 e. The van der Waals surface area contributed by atoms with Gasteiger partial charge in [-0.2, -0.15) is 0 Å². The maximum atomic E-state index is 8.39. The molecule has 0 aromatic carbocycles. The van der Waals surface area contributed by atoms with Crippen molar-refractivity contribution in [1.29, 1.82) is 0 Å². The smallest absolute Gasteiger partial charge is 0.101 e. The summed E-state index contributed by atoms with van der Waals surface area (Å²) < 4.78 is 0.844. The fraction of sp³-hybridized carbons (Fsp3) is 1.00. The molecule has 0 amide bonds. The standard InChI is InChI=1S/C5H14NO.C2H7NO/c1-6(2,3)4-5-7;3-1-2-4/h7H,4-5H2,1-3H3;4H,1-3H2/q+1;. The normalized spacial score (nSPS) is 10.4. The number of aliphatic hydroxyl groups excluding tert-OH is 2. The molecule has 0 aliphatic heterocycles. The van der Waals surface area contributed by atoms with E-state index in [1.165, 1.54) is 0 Å². The average molecular weight is 165 g/mol. The zero-order chi connectivity index (χ0) is 9.33. The molecule has 0 radical (unpaired) electrons. The molecule has 4 N–H and O–H groups in total. The van der Waals surface area contributed by atoms with E-state index in [4.69, 9.17) is 15.9 Å². The lowest BCUT2D eigenvalue weighted by atomic mass is 10.5. The Morgan fingerprint density at radius 2 is 1.45 bits per heavy atom. The van der Waals surface area contributed by atoms with Crippen LogP contribution < -0.4 is 5.73 Å². The fourth-order valence-electron chi connectivity index (χ4n) is 0.300. The van der Waals surface area contributed by atoms with Crippen LogP contribution in [0.5, 0.6) is 0 Å². The zero-order valence-electron chi connectivity index (χ0n) is 7.75. The molecule has 0 heterocycles. The molecule has 0 saturated heterocycles. The lowest BCUT2D eigenvalue weighted by Crippen LogP contribution is -2.36. The van der Waals surface area contributed by atoms with E-state index in [0.717, 1.165) is 11.0 Å². The van der Waals surface area contributed by atoms with Crippen LogP contribution in [0, 0.1) is 0 Å². The molecule has 0 fully saturated rings. The predicted octanol–water partition coefficient (Wildman–Crippen LogP) is -1.38. The van der Waals surface area contributed by atoms with Crippen LogP contribution in [0.15, 0.2) is 0 Å². The van der Waals surface area contributed by atoms with E-state index in [2.05, 4.69) is 21.1 Å². The Morgan fingerprint density at radius 3 is 1.45 bits per heavy atom. The van der Waals surface area contributed by atoms with Crippen LogP contribution in [0.3, 0.4) is 0 Å². The molecule has 0 rings (SSSR count). The van der Waals surface area contributed by atoms with Crippen molar-refractivity contribution < 1.29 is 14.7 Å². The summed E-state index contributed by atoms with van der Waals surface area (Å²) in [5.41, 5.74) is 4.78. The number of aliphatic hydroxyl groups is 2. The summed E-state index contributed by atoms with van der Waals surface area (Å²) in [6.07, 6.45) is 0. The molecule has 0 atom stereocenters. The molecule has 70 valence electrons. The van der Waals surface area contributed by atoms with Gasteiger partial charge in [-0.1, -0.05) is 0 Å². The molecule has 0 unspecified atom stereocenters. The minimum atomic E-state index is 0.0972. The van der Waals surface area contributed by atoms with E-state index in [9.17, 15) is 0 Å². The van der Waals surface area contributed by atoms with Crippen LogP contribution in [0.1, 0.15) is 0 Å². The summed E-state index contributed by atoms with van der Waals surface area (Å²) in [4.78, 5) is 0. The molecular weight excluding hydrogens is 144 g/mol. The number of quaternary nitrogens is 1. The minimum absolute atomic E-state index is 0.0972. The number of nitrogens with zero attached hydrogens (tertiary/aromatic N) is 1. The number of likely N-dealkylation sites (N-methyl/N-ethyl adjacent to an activating group) is 1. The highest BCUT2D eigenvalue weighted by molar-refractivity contribution is 4.19. The van der Waals surface area contributed by atoms with Gasteiger partial charge in [0.1, 0.15) is 6.54 Å². The summed E-state index contributed by atoms with van der Waals surface area (Å²) in [6.45, 7) is 1.59. The zero-order valence-corrected chi connectivity index (χ0v) is 7.75. The van der Waals surface area contributed by atoms with Crippen molar-refractivity contribution in [2.45, 2.75) is 0 Å². The third-order valence-corrected chi connectivity index (χ3v) is 0.900. The first kappa shape index (κ1) is 13.4. The average Bonchev–Trinajstić information content (AvgIpc) is 1.86. The molecule has 0 aromatic rings. The number of hydrogen-bond acceptors (Lipinski definition) is 3. The number of nitrogens with two attached hydrogens (primary N) is 1. The van der Waals surface area contributed by atoms with Crippen molar-refractivity contribution in [2.75, 3.05) is 47.4 Å². The quantitative estimate of drug-likeness (QED) is 0.452. The Kier molecular flexibility index (Phi) is 9.70. The Bertz CT molecular complexity index is 69.3. The SMILES string of the molecule is C[N+](C)(C)CCO.NCCO. The second-order valence-corrected chi connectivity index (χ2v) is 3.25. The van der Waals surface area contributed by atoms with Crippen LogP contribution in [0.4, 0.5) is 0 Å². The lowest BCUT2D eigenvalue weighted by molar-refractivity contribution is -0.870. The van der Waals surface area contributed by atoms with E-state index in [0.29, 0.717) is 6.54 Å². The Labute approximate surface area is 68.8 Å². The summed E-state index contributed by atoms with van der Waals surface area (Å²) in [6, 6.07) is 0. The van der Waals surface area contributed by atoms with E-state index >= 15 is 0 Å². The maximum Gasteiger partial charge on any atom is 0.101 e. The summed E-state index contributed by atoms with van der Waals surface area (Å²) >= 11 is 0. The molecule has 0 spiro atoms. The second kappa shape index (κ2) is 7.94. The molecular formula is C7H21N2O2+. The summed E-state index contributed by atoms with van der Waals surface area (Å²) in [7, 11) is 6.16. The molecule has 4 heteroatoms.